The molecule has 9 nitrogen and oxygen atoms in total. The molecule has 0 radical (unpaired) electrons. The molecule has 0 heterocycles. The van der Waals surface area contributed by atoms with E-state index in [9.17, 15) is 24.8 Å². The third kappa shape index (κ3) is 3.62. The average molecular weight is 418 g/mol. The number of anilines is 1. The molecule has 0 saturated heterocycles. The molecule has 2 unspecified atom stereocenters. The van der Waals surface area contributed by atoms with Crippen LogP contribution in [0.5, 0.6) is 5.75 Å². The standard InChI is InChI=1S/C21H26N2O7/c1-12(18(24)22-16-4-3-15(23(27)28)6-17(16)29-2)30-19(25)20-7-13-5-14(8-20)10-21(26,9-13)11-20/h3-4,6,12-14,26H,5,7-11H2,1-2H3,(H,22,24)/t12-,13-,14+,20?,21?/m0/s1. The molecule has 0 aromatic heterocycles. The highest BCUT2D eigenvalue weighted by Gasteiger charge is 2.61. The van der Waals surface area contributed by atoms with Gasteiger partial charge < -0.3 is 19.9 Å². The summed E-state index contributed by atoms with van der Waals surface area (Å²) in [5.74, 6) is -0.179. The summed E-state index contributed by atoms with van der Waals surface area (Å²) in [5, 5.41) is 24.3. The normalized spacial score (nSPS) is 32.4. The van der Waals surface area contributed by atoms with Crippen LogP contribution in [-0.4, -0.2) is 40.7 Å². The van der Waals surface area contributed by atoms with Crippen molar-refractivity contribution in [1.82, 2.24) is 0 Å². The van der Waals surface area contributed by atoms with E-state index in [1.165, 1.54) is 32.2 Å². The molecule has 1 aromatic carbocycles. The van der Waals surface area contributed by atoms with Crippen molar-refractivity contribution in [3.63, 3.8) is 0 Å². The fourth-order valence-electron chi connectivity index (χ4n) is 5.92. The van der Waals surface area contributed by atoms with Crippen molar-refractivity contribution in [2.45, 2.75) is 57.2 Å². The highest BCUT2D eigenvalue weighted by molar-refractivity contribution is 5.96. The number of aliphatic hydroxyl groups is 1. The number of rotatable bonds is 6. The molecule has 9 heteroatoms. The first-order valence-electron chi connectivity index (χ1n) is 10.2. The highest BCUT2D eigenvalue weighted by atomic mass is 16.6. The molecule has 5 rings (SSSR count). The van der Waals surface area contributed by atoms with Crippen LogP contribution < -0.4 is 10.1 Å². The number of hydrogen-bond acceptors (Lipinski definition) is 7. The van der Waals surface area contributed by atoms with Crippen molar-refractivity contribution in [2.24, 2.45) is 17.3 Å². The lowest BCUT2D eigenvalue weighted by Crippen LogP contribution is -2.59. The molecule has 4 aliphatic carbocycles. The Labute approximate surface area is 173 Å². The molecule has 4 bridgehead atoms. The Balaban J connectivity index is 1.43. The minimum atomic E-state index is -1.06. The van der Waals surface area contributed by atoms with Gasteiger partial charge in [-0.25, -0.2) is 0 Å². The van der Waals surface area contributed by atoms with Crippen molar-refractivity contribution in [3.05, 3.63) is 28.3 Å². The summed E-state index contributed by atoms with van der Waals surface area (Å²) in [7, 11) is 1.34. The summed E-state index contributed by atoms with van der Waals surface area (Å²) in [6.45, 7) is 1.49. The molecule has 1 aromatic rings. The average Bonchev–Trinajstić information content (AvgIpc) is 2.66. The minimum absolute atomic E-state index is 0.138. The van der Waals surface area contributed by atoms with Crippen molar-refractivity contribution >= 4 is 23.3 Å². The maximum atomic E-state index is 13.0. The SMILES string of the molecule is COc1cc([N+](=O)[O-])ccc1NC(=O)[C@H](C)OC(=O)C12C[C@@H]3C[C@@H](CC(O)(C3)C1)C2. The lowest BCUT2D eigenvalue weighted by atomic mass is 9.48. The van der Waals surface area contributed by atoms with Gasteiger partial charge in [-0.15, -0.1) is 0 Å². The van der Waals surface area contributed by atoms with Crippen LogP contribution in [-0.2, 0) is 14.3 Å². The number of esters is 1. The highest BCUT2D eigenvalue weighted by Crippen LogP contribution is 2.62. The molecule has 4 aliphatic rings. The predicted molar refractivity (Wildman–Crippen MR) is 106 cm³/mol. The van der Waals surface area contributed by atoms with Crippen molar-refractivity contribution < 1.29 is 29.1 Å². The van der Waals surface area contributed by atoms with Gasteiger partial charge in [0.25, 0.3) is 11.6 Å². The Hall–Kier alpha value is -2.68. The van der Waals surface area contributed by atoms with Gasteiger partial charge >= 0.3 is 5.97 Å². The van der Waals surface area contributed by atoms with E-state index >= 15 is 0 Å². The number of amides is 1. The second-order valence-electron chi connectivity index (χ2n) is 9.14. The number of ether oxygens (including phenoxy) is 2. The van der Waals surface area contributed by atoms with Crippen LogP contribution in [0.1, 0.15) is 45.4 Å². The second kappa shape index (κ2) is 7.23. The lowest BCUT2D eigenvalue weighted by Gasteiger charge is -2.58. The van der Waals surface area contributed by atoms with Gasteiger partial charge in [-0.1, -0.05) is 0 Å². The van der Waals surface area contributed by atoms with Crippen molar-refractivity contribution in [3.8, 4) is 5.75 Å². The van der Waals surface area contributed by atoms with E-state index in [-0.39, 0.29) is 17.1 Å². The topological polar surface area (TPSA) is 128 Å². The van der Waals surface area contributed by atoms with Crippen LogP contribution in [0.2, 0.25) is 0 Å². The Kier molecular flexibility index (Phi) is 4.96. The monoisotopic (exact) mass is 418 g/mol. The summed E-state index contributed by atoms with van der Waals surface area (Å²) in [4.78, 5) is 36.0. The number of methoxy groups -OCH3 is 1. The van der Waals surface area contributed by atoms with E-state index in [4.69, 9.17) is 9.47 Å². The largest absolute Gasteiger partial charge is 0.494 e. The number of non-ortho nitro benzene ring substituents is 1. The van der Waals surface area contributed by atoms with E-state index in [0.717, 1.165) is 19.3 Å². The molecule has 2 N–H and O–H groups in total. The van der Waals surface area contributed by atoms with Gasteiger partial charge in [0.1, 0.15) is 5.75 Å². The number of carbonyl (C=O) groups is 2. The van der Waals surface area contributed by atoms with Gasteiger partial charge in [0.2, 0.25) is 0 Å². The summed E-state index contributed by atoms with van der Waals surface area (Å²) < 4.78 is 10.7. The van der Waals surface area contributed by atoms with E-state index in [1.807, 2.05) is 0 Å². The molecule has 162 valence electrons. The quantitative estimate of drug-likeness (QED) is 0.413. The van der Waals surface area contributed by atoms with Crippen LogP contribution >= 0.6 is 0 Å². The lowest BCUT2D eigenvalue weighted by molar-refractivity contribution is -0.384. The van der Waals surface area contributed by atoms with Crippen molar-refractivity contribution in [1.29, 1.82) is 0 Å². The number of nitrogens with zero attached hydrogens (tertiary/aromatic N) is 1. The smallest absolute Gasteiger partial charge is 0.312 e. The molecule has 0 aliphatic heterocycles. The fraction of sp³-hybridized carbons (Fsp3) is 0.619. The number of benzene rings is 1. The van der Waals surface area contributed by atoms with Gasteiger partial charge in [0.05, 0.1) is 34.8 Å². The van der Waals surface area contributed by atoms with Gasteiger partial charge in [-0.05, 0) is 63.4 Å². The molecule has 4 fully saturated rings. The summed E-state index contributed by atoms with van der Waals surface area (Å²) >= 11 is 0. The zero-order valence-electron chi connectivity index (χ0n) is 17.1. The van der Waals surface area contributed by atoms with Gasteiger partial charge in [-0.3, -0.25) is 19.7 Å². The molecule has 0 spiro atoms. The molecular weight excluding hydrogens is 392 g/mol. The van der Waals surface area contributed by atoms with Crippen molar-refractivity contribution in [2.75, 3.05) is 12.4 Å². The van der Waals surface area contributed by atoms with E-state index in [2.05, 4.69) is 5.32 Å². The molecule has 5 atom stereocenters. The first-order chi connectivity index (χ1) is 14.1. The van der Waals surface area contributed by atoms with E-state index < -0.39 is 33.9 Å². The molecule has 1 amide bonds. The van der Waals surface area contributed by atoms with Crippen LogP contribution in [0, 0.1) is 27.4 Å². The van der Waals surface area contributed by atoms with Gasteiger partial charge in [-0.2, -0.15) is 0 Å². The van der Waals surface area contributed by atoms with Crippen LogP contribution in [0.3, 0.4) is 0 Å². The molecular formula is C21H26N2O7. The Morgan fingerprint density at radius 2 is 1.93 bits per heavy atom. The van der Waals surface area contributed by atoms with Crippen LogP contribution in [0.4, 0.5) is 11.4 Å². The number of nitro benzene ring substituents is 1. The van der Waals surface area contributed by atoms with Gasteiger partial charge in [0.15, 0.2) is 6.10 Å². The number of carbonyl (C=O) groups excluding carboxylic acids is 2. The maximum Gasteiger partial charge on any atom is 0.312 e. The zero-order chi connectivity index (χ0) is 21.7. The Bertz CT molecular complexity index is 885. The third-order valence-electron chi connectivity index (χ3n) is 6.77. The van der Waals surface area contributed by atoms with E-state index in [0.29, 0.717) is 31.1 Å². The molecule has 4 saturated carbocycles. The predicted octanol–water partition coefficient (Wildman–Crippen LogP) is 2.80. The second-order valence-corrected chi connectivity index (χ2v) is 9.14. The number of hydrogen-bond donors (Lipinski definition) is 2. The summed E-state index contributed by atoms with van der Waals surface area (Å²) in [5.41, 5.74) is -1.41. The summed E-state index contributed by atoms with van der Waals surface area (Å²) in [6, 6.07) is 3.84. The zero-order valence-corrected chi connectivity index (χ0v) is 17.1. The van der Waals surface area contributed by atoms with Crippen LogP contribution in [0.15, 0.2) is 18.2 Å². The Morgan fingerprint density at radius 1 is 1.27 bits per heavy atom. The first kappa shape index (κ1) is 20.6. The number of nitrogens with one attached hydrogen (secondary N) is 1. The van der Waals surface area contributed by atoms with Gasteiger partial charge in [0, 0.05) is 6.07 Å². The number of nitro groups is 1. The minimum Gasteiger partial charge on any atom is -0.494 e. The third-order valence-corrected chi connectivity index (χ3v) is 6.77. The first-order valence-corrected chi connectivity index (χ1v) is 10.2. The maximum absolute atomic E-state index is 13.0. The van der Waals surface area contributed by atoms with Crippen LogP contribution in [0.25, 0.3) is 0 Å². The Morgan fingerprint density at radius 3 is 2.50 bits per heavy atom. The van der Waals surface area contributed by atoms with E-state index in [1.54, 1.807) is 0 Å². The summed E-state index contributed by atoms with van der Waals surface area (Å²) in [6.07, 6.45) is 3.29. The molecule has 30 heavy (non-hydrogen) atoms. The fourth-order valence-corrected chi connectivity index (χ4v) is 5.92.